The van der Waals surface area contributed by atoms with Gasteiger partial charge in [-0.05, 0) is 47.7 Å². The lowest BCUT2D eigenvalue weighted by molar-refractivity contribution is -0.152. The number of amides is 2. The van der Waals surface area contributed by atoms with E-state index >= 15 is 0 Å². The number of aliphatic carboxylic acids is 1. The number of carboxylic acids is 1. The standard InChI is InChI=1S/C23H29N3O4/c1-4-23(17(2)3,21(27)28)26-14-13-25(22(26)29)15-18-5-7-20(8-6-18)30-16-19-9-11-24-12-10-19/h5-12,17H,4,13-16H2,1-3H3,(H,27,28). The Morgan fingerprint density at radius 2 is 1.80 bits per heavy atom. The third-order valence-electron chi connectivity index (χ3n) is 5.89. The van der Waals surface area contributed by atoms with Crippen molar-refractivity contribution in [1.29, 1.82) is 0 Å². The van der Waals surface area contributed by atoms with E-state index in [1.165, 1.54) is 4.90 Å². The lowest BCUT2D eigenvalue weighted by Crippen LogP contribution is -2.59. The van der Waals surface area contributed by atoms with Crippen LogP contribution < -0.4 is 4.74 Å². The SMILES string of the molecule is CCC(C(=O)O)(C(C)C)N1CCN(Cc2ccc(OCc3ccncc3)cc2)C1=O. The minimum absolute atomic E-state index is 0.180. The summed E-state index contributed by atoms with van der Waals surface area (Å²) >= 11 is 0. The van der Waals surface area contributed by atoms with Crippen LogP contribution in [0.1, 0.15) is 38.3 Å². The van der Waals surface area contributed by atoms with E-state index in [-0.39, 0.29) is 11.9 Å². The number of carboxylic acid groups (broad SMARTS) is 1. The van der Waals surface area contributed by atoms with Crippen LogP contribution in [0.25, 0.3) is 0 Å². The van der Waals surface area contributed by atoms with Crippen LogP contribution in [0, 0.1) is 5.92 Å². The minimum Gasteiger partial charge on any atom is -0.489 e. The van der Waals surface area contributed by atoms with Crippen LogP contribution >= 0.6 is 0 Å². The molecule has 7 heteroatoms. The van der Waals surface area contributed by atoms with Gasteiger partial charge in [-0.3, -0.25) is 4.98 Å². The summed E-state index contributed by atoms with van der Waals surface area (Å²) in [5.41, 5.74) is 0.847. The monoisotopic (exact) mass is 411 g/mol. The zero-order valence-electron chi connectivity index (χ0n) is 17.7. The molecule has 2 heterocycles. The Morgan fingerprint density at radius 3 is 2.37 bits per heavy atom. The fourth-order valence-corrected chi connectivity index (χ4v) is 4.08. The fraction of sp³-hybridized carbons (Fsp3) is 0.435. The molecule has 1 aromatic heterocycles. The number of pyridine rings is 1. The van der Waals surface area contributed by atoms with Gasteiger partial charge in [-0.1, -0.05) is 32.9 Å². The summed E-state index contributed by atoms with van der Waals surface area (Å²) in [6.45, 7) is 7.39. The average Bonchev–Trinajstić information content (AvgIpc) is 3.09. The van der Waals surface area contributed by atoms with Gasteiger partial charge in [0.1, 0.15) is 17.9 Å². The molecule has 160 valence electrons. The number of carbonyl (C=O) groups excluding carboxylic acids is 1. The molecule has 0 aliphatic carbocycles. The van der Waals surface area contributed by atoms with Crippen molar-refractivity contribution in [1.82, 2.24) is 14.8 Å². The van der Waals surface area contributed by atoms with Gasteiger partial charge in [-0.25, -0.2) is 9.59 Å². The maximum absolute atomic E-state index is 13.0. The number of nitrogens with zero attached hydrogens (tertiary/aromatic N) is 3. The summed E-state index contributed by atoms with van der Waals surface area (Å²) in [6, 6.07) is 11.2. The molecule has 1 saturated heterocycles. The van der Waals surface area contributed by atoms with E-state index in [2.05, 4.69) is 4.98 Å². The van der Waals surface area contributed by atoms with Gasteiger partial charge in [-0.15, -0.1) is 0 Å². The highest BCUT2D eigenvalue weighted by atomic mass is 16.5. The van der Waals surface area contributed by atoms with Crippen molar-refractivity contribution in [2.45, 2.75) is 45.9 Å². The van der Waals surface area contributed by atoms with Gasteiger partial charge in [0.05, 0.1) is 0 Å². The van der Waals surface area contributed by atoms with Crippen LogP contribution in [-0.2, 0) is 17.9 Å². The number of urea groups is 1. The van der Waals surface area contributed by atoms with Crippen molar-refractivity contribution in [2.75, 3.05) is 13.1 Å². The van der Waals surface area contributed by atoms with Crippen LogP contribution in [0.4, 0.5) is 4.79 Å². The Balaban J connectivity index is 1.63. The van der Waals surface area contributed by atoms with Gasteiger partial charge < -0.3 is 19.6 Å². The normalized spacial score (nSPS) is 16.1. The first-order valence-electron chi connectivity index (χ1n) is 10.3. The maximum Gasteiger partial charge on any atom is 0.329 e. The summed E-state index contributed by atoms with van der Waals surface area (Å²) in [4.78, 5) is 32.3. The highest BCUT2D eigenvalue weighted by molar-refractivity contribution is 5.87. The molecule has 1 aromatic carbocycles. The van der Waals surface area contributed by atoms with Crippen molar-refractivity contribution in [3.63, 3.8) is 0 Å². The molecule has 0 bridgehead atoms. The third kappa shape index (κ3) is 4.25. The number of aromatic nitrogens is 1. The second-order valence-electron chi connectivity index (χ2n) is 7.88. The van der Waals surface area contributed by atoms with Gasteiger partial charge >= 0.3 is 12.0 Å². The highest BCUT2D eigenvalue weighted by Crippen LogP contribution is 2.33. The number of carbonyl (C=O) groups is 2. The zero-order valence-corrected chi connectivity index (χ0v) is 17.7. The molecule has 1 unspecified atom stereocenters. The van der Waals surface area contributed by atoms with E-state index in [0.717, 1.165) is 16.9 Å². The predicted octanol–water partition coefficient (Wildman–Crippen LogP) is 3.79. The predicted molar refractivity (Wildman–Crippen MR) is 113 cm³/mol. The van der Waals surface area contributed by atoms with E-state index in [1.807, 2.05) is 57.2 Å². The van der Waals surface area contributed by atoms with Crippen LogP contribution in [0.2, 0.25) is 0 Å². The van der Waals surface area contributed by atoms with Crippen LogP contribution in [0.15, 0.2) is 48.8 Å². The molecule has 1 aliphatic rings. The van der Waals surface area contributed by atoms with Gasteiger partial charge in [0.15, 0.2) is 0 Å². The summed E-state index contributed by atoms with van der Waals surface area (Å²) in [7, 11) is 0. The average molecular weight is 412 g/mol. The number of rotatable bonds is 9. The molecular formula is C23H29N3O4. The lowest BCUT2D eigenvalue weighted by Gasteiger charge is -2.40. The summed E-state index contributed by atoms with van der Waals surface area (Å²) in [6.07, 6.45) is 3.84. The Hall–Kier alpha value is -3.09. The minimum atomic E-state index is -1.17. The molecule has 0 spiro atoms. The van der Waals surface area contributed by atoms with E-state index in [9.17, 15) is 14.7 Å². The molecule has 2 aromatic rings. The van der Waals surface area contributed by atoms with E-state index in [4.69, 9.17) is 4.74 Å². The molecule has 1 N–H and O–H groups in total. The molecule has 1 atom stereocenters. The Labute approximate surface area is 177 Å². The molecule has 30 heavy (non-hydrogen) atoms. The second kappa shape index (κ2) is 9.15. The van der Waals surface area contributed by atoms with Gasteiger partial charge in [0.25, 0.3) is 0 Å². The van der Waals surface area contributed by atoms with Crippen LogP contribution in [-0.4, -0.2) is 50.5 Å². The largest absolute Gasteiger partial charge is 0.489 e. The lowest BCUT2D eigenvalue weighted by atomic mass is 9.82. The molecule has 1 fully saturated rings. The summed E-state index contributed by atoms with van der Waals surface area (Å²) < 4.78 is 5.79. The van der Waals surface area contributed by atoms with Crippen molar-refractivity contribution < 1.29 is 19.4 Å². The molecule has 0 saturated carbocycles. The fourth-order valence-electron chi connectivity index (χ4n) is 4.08. The number of benzene rings is 1. The van der Waals surface area contributed by atoms with Crippen LogP contribution in [0.5, 0.6) is 5.75 Å². The zero-order chi connectivity index (χ0) is 21.7. The van der Waals surface area contributed by atoms with Crippen molar-refractivity contribution in [3.8, 4) is 5.75 Å². The first-order chi connectivity index (χ1) is 14.4. The van der Waals surface area contributed by atoms with Crippen molar-refractivity contribution >= 4 is 12.0 Å². The van der Waals surface area contributed by atoms with Crippen molar-refractivity contribution in [3.05, 3.63) is 59.9 Å². The summed E-state index contributed by atoms with van der Waals surface area (Å²) in [5, 5.41) is 9.88. The molecule has 1 aliphatic heterocycles. The van der Waals surface area contributed by atoms with Gasteiger partial charge in [0, 0.05) is 32.0 Å². The van der Waals surface area contributed by atoms with Crippen LogP contribution in [0.3, 0.4) is 0 Å². The topological polar surface area (TPSA) is 83.0 Å². The third-order valence-corrected chi connectivity index (χ3v) is 5.89. The maximum atomic E-state index is 13.0. The first-order valence-corrected chi connectivity index (χ1v) is 10.3. The highest BCUT2D eigenvalue weighted by Gasteiger charge is 2.51. The van der Waals surface area contributed by atoms with Gasteiger partial charge in [0.2, 0.25) is 0 Å². The second-order valence-corrected chi connectivity index (χ2v) is 7.88. The summed E-state index contributed by atoms with van der Waals surface area (Å²) in [5.74, 6) is -0.368. The molecular weight excluding hydrogens is 382 g/mol. The molecule has 2 amide bonds. The number of ether oxygens (including phenoxy) is 1. The molecule has 3 rings (SSSR count). The van der Waals surface area contributed by atoms with E-state index in [1.54, 1.807) is 17.3 Å². The molecule has 0 radical (unpaired) electrons. The van der Waals surface area contributed by atoms with Gasteiger partial charge in [-0.2, -0.15) is 0 Å². The smallest absolute Gasteiger partial charge is 0.329 e. The first kappa shape index (κ1) is 21.6. The Kier molecular flexibility index (Phi) is 6.59. The van der Waals surface area contributed by atoms with E-state index < -0.39 is 11.5 Å². The quantitative estimate of drug-likeness (QED) is 0.679. The van der Waals surface area contributed by atoms with Crippen molar-refractivity contribution in [2.24, 2.45) is 5.92 Å². The molecule has 7 nitrogen and oxygen atoms in total. The number of hydrogen-bond acceptors (Lipinski definition) is 4. The Morgan fingerprint density at radius 1 is 1.13 bits per heavy atom. The Bertz CT molecular complexity index is 870. The van der Waals surface area contributed by atoms with E-state index in [0.29, 0.717) is 32.7 Å². The number of hydrogen-bond donors (Lipinski definition) is 1.